The molecule has 3 aromatic rings. The van der Waals surface area contributed by atoms with E-state index >= 15 is 0 Å². The summed E-state index contributed by atoms with van der Waals surface area (Å²) in [6.07, 6.45) is 2.61. The van der Waals surface area contributed by atoms with Gasteiger partial charge in [-0.05, 0) is 68.5 Å². The molecule has 10 nitrogen and oxygen atoms in total. The zero-order valence-corrected chi connectivity index (χ0v) is 26.0. The van der Waals surface area contributed by atoms with Gasteiger partial charge in [-0.2, -0.15) is 0 Å². The van der Waals surface area contributed by atoms with Crippen LogP contribution in [-0.4, -0.2) is 81.3 Å². The molecule has 2 aliphatic rings. The fraction of sp³-hybridized carbons (Fsp3) is 0.452. The van der Waals surface area contributed by atoms with Crippen molar-refractivity contribution in [1.82, 2.24) is 20.0 Å². The monoisotopic (exact) mass is 624 g/mol. The van der Waals surface area contributed by atoms with Crippen LogP contribution in [0, 0.1) is 5.92 Å². The SMILES string of the molecule is CC(C)(CCc1ccc(N2CC(C(=O)Nc3nnc(CCc4ccc(Cl)cc4)s3)CC2=O)cc1)N1CCN(C(=O)O)CC1. The Morgan fingerprint density at radius 3 is 2.30 bits per heavy atom. The van der Waals surface area contributed by atoms with Crippen molar-refractivity contribution in [2.45, 2.75) is 51.5 Å². The molecule has 0 saturated carbocycles. The lowest BCUT2D eigenvalue weighted by Gasteiger charge is -2.43. The zero-order chi connectivity index (χ0) is 30.6. The lowest BCUT2D eigenvalue weighted by atomic mass is 9.92. The molecule has 1 aromatic heterocycles. The number of hydrogen-bond donors (Lipinski definition) is 2. The van der Waals surface area contributed by atoms with Crippen molar-refractivity contribution in [3.8, 4) is 0 Å². The Balaban J connectivity index is 1.09. The molecule has 2 N–H and O–H groups in total. The number of nitrogens with one attached hydrogen (secondary N) is 1. The van der Waals surface area contributed by atoms with Crippen LogP contribution in [0.15, 0.2) is 48.5 Å². The van der Waals surface area contributed by atoms with Gasteiger partial charge in [0.05, 0.1) is 5.92 Å². The Bertz CT molecular complexity index is 1440. The first-order valence-electron chi connectivity index (χ1n) is 14.6. The first kappa shape index (κ1) is 30.9. The average Bonchev–Trinajstić information content (AvgIpc) is 3.62. The highest BCUT2D eigenvalue weighted by Crippen LogP contribution is 2.29. The molecule has 2 aliphatic heterocycles. The highest BCUT2D eigenvalue weighted by atomic mass is 35.5. The molecular weight excluding hydrogens is 588 g/mol. The topological polar surface area (TPSA) is 119 Å². The zero-order valence-electron chi connectivity index (χ0n) is 24.5. The molecular formula is C31H37ClN6O4S. The molecule has 12 heteroatoms. The van der Waals surface area contributed by atoms with Gasteiger partial charge in [-0.25, -0.2) is 4.79 Å². The van der Waals surface area contributed by atoms with E-state index in [0.717, 1.165) is 48.6 Å². The number of nitrogens with zero attached hydrogens (tertiary/aromatic N) is 5. The number of amides is 3. The van der Waals surface area contributed by atoms with Gasteiger partial charge in [-0.3, -0.25) is 14.5 Å². The van der Waals surface area contributed by atoms with E-state index in [9.17, 15) is 19.5 Å². The maximum absolute atomic E-state index is 13.0. The fourth-order valence-electron chi connectivity index (χ4n) is 5.60. The second-order valence-corrected chi connectivity index (χ2v) is 13.3. The Hall–Kier alpha value is -3.54. The van der Waals surface area contributed by atoms with E-state index in [1.165, 1.54) is 21.8 Å². The third-order valence-electron chi connectivity index (χ3n) is 8.41. The van der Waals surface area contributed by atoms with E-state index in [-0.39, 0.29) is 23.8 Å². The molecule has 228 valence electrons. The summed E-state index contributed by atoms with van der Waals surface area (Å²) < 4.78 is 0. The summed E-state index contributed by atoms with van der Waals surface area (Å²) in [7, 11) is 0. The summed E-state index contributed by atoms with van der Waals surface area (Å²) in [5.41, 5.74) is 3.05. The van der Waals surface area contributed by atoms with Gasteiger partial charge in [0.25, 0.3) is 0 Å². The lowest BCUT2D eigenvalue weighted by Crippen LogP contribution is -2.55. The summed E-state index contributed by atoms with van der Waals surface area (Å²) in [5.74, 6) is -0.759. The predicted molar refractivity (Wildman–Crippen MR) is 168 cm³/mol. The van der Waals surface area contributed by atoms with Crippen molar-refractivity contribution >= 4 is 51.7 Å². The number of halogens is 1. The Kier molecular flexibility index (Phi) is 9.63. The van der Waals surface area contributed by atoms with Crippen molar-refractivity contribution < 1.29 is 19.5 Å². The maximum Gasteiger partial charge on any atom is 0.407 e. The maximum atomic E-state index is 13.0. The van der Waals surface area contributed by atoms with Crippen molar-refractivity contribution in [3.63, 3.8) is 0 Å². The smallest absolute Gasteiger partial charge is 0.407 e. The normalized spacial score (nSPS) is 17.8. The minimum atomic E-state index is -0.853. The van der Waals surface area contributed by atoms with Crippen LogP contribution in [0.4, 0.5) is 15.6 Å². The molecule has 3 amide bonds. The van der Waals surface area contributed by atoms with E-state index in [1.807, 2.05) is 48.5 Å². The first-order chi connectivity index (χ1) is 20.6. The number of carbonyl (C=O) groups excluding carboxylic acids is 2. The number of piperazine rings is 1. The molecule has 1 atom stereocenters. The molecule has 43 heavy (non-hydrogen) atoms. The number of hydrogen-bond acceptors (Lipinski definition) is 7. The second-order valence-electron chi connectivity index (χ2n) is 11.8. The second kappa shape index (κ2) is 13.4. The highest BCUT2D eigenvalue weighted by molar-refractivity contribution is 7.15. The molecule has 2 fully saturated rings. The van der Waals surface area contributed by atoms with Gasteiger partial charge >= 0.3 is 6.09 Å². The number of carbonyl (C=O) groups is 3. The number of aromatic nitrogens is 2. The quantitative estimate of drug-likeness (QED) is 0.327. The van der Waals surface area contributed by atoms with Crippen LogP contribution >= 0.6 is 22.9 Å². The number of rotatable bonds is 10. The molecule has 5 rings (SSSR count). The van der Waals surface area contributed by atoms with E-state index in [2.05, 4.69) is 34.3 Å². The number of benzene rings is 2. The summed E-state index contributed by atoms with van der Waals surface area (Å²) in [4.78, 5) is 42.5. The van der Waals surface area contributed by atoms with Gasteiger partial charge in [0.2, 0.25) is 16.9 Å². The number of aryl methyl sites for hydroxylation is 3. The third kappa shape index (κ3) is 7.90. The van der Waals surface area contributed by atoms with Gasteiger partial charge in [0.1, 0.15) is 5.01 Å². The average molecular weight is 625 g/mol. The standard InChI is InChI=1S/C31H37ClN6O4S/c1-31(2,37-17-15-36(16-18-37)30(41)42)14-13-22-5-10-25(11-6-22)38-20-23(19-27(38)39)28(40)33-29-35-34-26(43-29)12-7-21-3-8-24(32)9-4-21/h3-6,8-11,23H,7,12-20H2,1-2H3,(H,41,42)(H,33,35,40). The summed E-state index contributed by atoms with van der Waals surface area (Å²) in [6.45, 7) is 7.25. The molecule has 1 unspecified atom stereocenters. The Morgan fingerprint density at radius 1 is 0.977 bits per heavy atom. The van der Waals surface area contributed by atoms with Crippen LogP contribution in [0.3, 0.4) is 0 Å². The van der Waals surface area contributed by atoms with Crippen molar-refractivity contribution in [1.29, 1.82) is 0 Å². The molecule has 0 spiro atoms. The molecule has 2 aromatic carbocycles. The Morgan fingerprint density at radius 2 is 1.63 bits per heavy atom. The van der Waals surface area contributed by atoms with Gasteiger partial charge in [0.15, 0.2) is 0 Å². The van der Waals surface area contributed by atoms with Crippen molar-refractivity contribution in [2.75, 3.05) is 42.9 Å². The van der Waals surface area contributed by atoms with Crippen LogP contribution in [0.5, 0.6) is 0 Å². The predicted octanol–water partition coefficient (Wildman–Crippen LogP) is 4.98. The van der Waals surface area contributed by atoms with E-state index in [4.69, 9.17) is 11.6 Å². The van der Waals surface area contributed by atoms with Crippen molar-refractivity contribution in [2.24, 2.45) is 5.92 Å². The fourth-order valence-corrected chi connectivity index (χ4v) is 6.47. The largest absolute Gasteiger partial charge is 0.465 e. The first-order valence-corrected chi connectivity index (χ1v) is 15.8. The van der Waals surface area contributed by atoms with Crippen LogP contribution in [0.25, 0.3) is 0 Å². The Labute approximate surface area is 260 Å². The molecule has 0 bridgehead atoms. The van der Waals surface area contributed by atoms with Crippen molar-refractivity contribution in [3.05, 3.63) is 69.7 Å². The molecule has 2 saturated heterocycles. The van der Waals surface area contributed by atoms with E-state index in [0.29, 0.717) is 36.2 Å². The minimum Gasteiger partial charge on any atom is -0.465 e. The summed E-state index contributed by atoms with van der Waals surface area (Å²) in [6, 6.07) is 15.7. The van der Waals surface area contributed by atoms with Crippen LogP contribution in [0.2, 0.25) is 5.02 Å². The lowest BCUT2D eigenvalue weighted by molar-refractivity contribution is -0.122. The number of anilines is 2. The molecule has 0 aliphatic carbocycles. The van der Waals surface area contributed by atoms with Gasteiger partial charge < -0.3 is 20.2 Å². The third-order valence-corrected chi connectivity index (χ3v) is 9.56. The summed E-state index contributed by atoms with van der Waals surface area (Å²) >= 11 is 7.30. The van der Waals surface area contributed by atoms with Gasteiger partial charge in [-0.15, -0.1) is 10.2 Å². The van der Waals surface area contributed by atoms with Gasteiger partial charge in [-0.1, -0.05) is 47.2 Å². The van der Waals surface area contributed by atoms with Crippen LogP contribution < -0.4 is 10.2 Å². The van der Waals surface area contributed by atoms with E-state index < -0.39 is 12.0 Å². The minimum absolute atomic E-state index is 0.0564. The van der Waals surface area contributed by atoms with Gasteiger partial charge in [0, 0.05) is 61.8 Å². The molecule has 3 heterocycles. The van der Waals surface area contributed by atoms with Crippen LogP contribution in [0.1, 0.15) is 42.8 Å². The van der Waals surface area contributed by atoms with E-state index in [1.54, 1.807) is 4.90 Å². The summed E-state index contributed by atoms with van der Waals surface area (Å²) in [5, 5.41) is 22.4. The number of carboxylic acid groups (broad SMARTS) is 1. The highest BCUT2D eigenvalue weighted by Gasteiger charge is 2.36. The molecule has 0 radical (unpaired) electrons. The van der Waals surface area contributed by atoms with Crippen LogP contribution in [-0.2, 0) is 28.9 Å².